The van der Waals surface area contributed by atoms with Gasteiger partial charge in [-0.05, 0) is 6.42 Å². The summed E-state index contributed by atoms with van der Waals surface area (Å²) in [6.07, 6.45) is 13.4. The summed E-state index contributed by atoms with van der Waals surface area (Å²) in [7, 11) is 0. The summed E-state index contributed by atoms with van der Waals surface area (Å²) < 4.78 is 0. The maximum absolute atomic E-state index is 10.6. The van der Waals surface area contributed by atoms with Crippen molar-refractivity contribution in [3.63, 3.8) is 0 Å². The van der Waals surface area contributed by atoms with Gasteiger partial charge in [-0.3, -0.25) is 4.79 Å². The smallest absolute Gasteiger partial charge is 1.00 e. The first-order valence-corrected chi connectivity index (χ1v) is 8.01. The molecule has 1 N–H and O–H groups in total. The summed E-state index contributed by atoms with van der Waals surface area (Å²) >= 11 is 3.66. The van der Waals surface area contributed by atoms with Crippen LogP contribution in [0.4, 0.5) is 0 Å². The van der Waals surface area contributed by atoms with E-state index in [1.807, 2.05) is 0 Å². The zero-order chi connectivity index (χ0) is 13.6. The molecule has 112 valence electrons. The van der Waals surface area contributed by atoms with Crippen molar-refractivity contribution in [2.45, 2.75) is 90.1 Å². The summed E-state index contributed by atoms with van der Waals surface area (Å²) in [5.74, 6) is 0. The maximum atomic E-state index is 10.6. The number of hydrogen-bond acceptors (Lipinski definition) is 2. The van der Waals surface area contributed by atoms with Crippen molar-refractivity contribution in [2.75, 3.05) is 0 Å². The molecule has 2 nitrogen and oxygen atoms in total. The van der Waals surface area contributed by atoms with Crippen LogP contribution in [0.1, 0.15) is 86.8 Å². The number of hydrogen-bond donors (Lipinski definition) is 2. The van der Waals surface area contributed by atoms with E-state index in [4.69, 9.17) is 0 Å². The number of carbonyl (C=O) groups is 1. The minimum Gasteiger partial charge on any atom is -1.00 e. The van der Waals surface area contributed by atoms with Crippen molar-refractivity contribution >= 4 is 55.5 Å². The SMILES string of the molecule is CCCCCCCCCCCCC(O)CC(=O)S.[Ca+2].[H-].[H-]. The third-order valence-corrected chi connectivity index (χ3v) is 3.48. The molecular weight excluding hydrogens is 284 g/mol. The summed E-state index contributed by atoms with van der Waals surface area (Å²) in [4.78, 5) is 10.6. The van der Waals surface area contributed by atoms with Crippen LogP contribution in [-0.2, 0) is 4.79 Å². The number of unbranched alkanes of at least 4 members (excludes halogenated alkanes) is 9. The van der Waals surface area contributed by atoms with E-state index in [9.17, 15) is 9.90 Å². The van der Waals surface area contributed by atoms with E-state index in [1.165, 1.54) is 57.8 Å². The van der Waals surface area contributed by atoms with Crippen LogP contribution in [0.2, 0.25) is 0 Å². The third-order valence-electron chi connectivity index (χ3n) is 3.30. The third kappa shape index (κ3) is 19.2. The Balaban J connectivity index is -0.000000482. The van der Waals surface area contributed by atoms with E-state index in [0.717, 1.165) is 12.8 Å². The molecule has 0 fully saturated rings. The van der Waals surface area contributed by atoms with E-state index < -0.39 is 6.10 Å². The maximum Gasteiger partial charge on any atom is 2.00 e. The fourth-order valence-corrected chi connectivity index (χ4v) is 2.38. The Morgan fingerprint density at radius 1 is 1.00 bits per heavy atom. The summed E-state index contributed by atoms with van der Waals surface area (Å²) in [5, 5.41) is 9.26. The van der Waals surface area contributed by atoms with Crippen LogP contribution in [0.5, 0.6) is 0 Å². The zero-order valence-electron chi connectivity index (χ0n) is 14.6. The van der Waals surface area contributed by atoms with Crippen molar-refractivity contribution < 1.29 is 12.8 Å². The molecule has 0 aromatic rings. The first kappa shape index (κ1) is 22.5. The van der Waals surface area contributed by atoms with Crippen molar-refractivity contribution in [1.29, 1.82) is 0 Å². The largest absolute Gasteiger partial charge is 2.00 e. The van der Waals surface area contributed by atoms with Crippen LogP contribution in [0.3, 0.4) is 0 Å². The quantitative estimate of drug-likeness (QED) is 0.301. The fraction of sp³-hybridized carbons (Fsp3) is 0.933. The van der Waals surface area contributed by atoms with Gasteiger partial charge >= 0.3 is 37.7 Å². The van der Waals surface area contributed by atoms with Gasteiger partial charge in [-0.15, -0.1) is 12.6 Å². The summed E-state index contributed by atoms with van der Waals surface area (Å²) in [5.41, 5.74) is 0. The van der Waals surface area contributed by atoms with Crippen LogP contribution in [0.25, 0.3) is 0 Å². The van der Waals surface area contributed by atoms with Gasteiger partial charge in [-0.2, -0.15) is 0 Å². The van der Waals surface area contributed by atoms with Gasteiger partial charge in [0.15, 0.2) is 5.12 Å². The minimum absolute atomic E-state index is 0. The molecule has 1 unspecified atom stereocenters. The minimum atomic E-state index is -0.482. The Morgan fingerprint density at radius 3 is 1.84 bits per heavy atom. The van der Waals surface area contributed by atoms with E-state index in [2.05, 4.69) is 19.6 Å². The monoisotopic (exact) mass is 316 g/mol. The number of thiol groups is 1. The van der Waals surface area contributed by atoms with Gasteiger partial charge in [0.1, 0.15) is 0 Å². The van der Waals surface area contributed by atoms with Crippen molar-refractivity contribution in [3.05, 3.63) is 0 Å². The molecule has 0 aliphatic carbocycles. The molecule has 4 heteroatoms. The topological polar surface area (TPSA) is 37.3 Å². The average Bonchev–Trinajstić information content (AvgIpc) is 2.30. The van der Waals surface area contributed by atoms with Gasteiger partial charge in [-0.1, -0.05) is 71.1 Å². The van der Waals surface area contributed by atoms with Gasteiger partial charge in [-0.25, -0.2) is 0 Å². The van der Waals surface area contributed by atoms with Crippen LogP contribution < -0.4 is 0 Å². The van der Waals surface area contributed by atoms with Crippen molar-refractivity contribution in [1.82, 2.24) is 0 Å². The Kier molecular flexibility index (Phi) is 20.5. The molecule has 0 aromatic heterocycles. The molecule has 0 amide bonds. The molecule has 0 saturated carbocycles. The van der Waals surface area contributed by atoms with Gasteiger partial charge in [0.05, 0.1) is 6.10 Å². The summed E-state index contributed by atoms with van der Waals surface area (Å²) in [6, 6.07) is 0. The molecule has 0 spiro atoms. The average molecular weight is 317 g/mol. The molecule has 0 aliphatic rings. The van der Waals surface area contributed by atoms with Gasteiger partial charge in [0.2, 0.25) is 0 Å². The predicted octanol–water partition coefficient (Wildman–Crippen LogP) is 4.35. The Bertz CT molecular complexity index is 210. The van der Waals surface area contributed by atoms with Crippen LogP contribution >= 0.6 is 12.6 Å². The number of aliphatic hydroxyl groups excluding tert-OH is 1. The molecular formula is C15H32CaO2S. The van der Waals surface area contributed by atoms with Crippen molar-refractivity contribution in [2.24, 2.45) is 0 Å². The molecule has 19 heavy (non-hydrogen) atoms. The number of rotatable bonds is 13. The van der Waals surface area contributed by atoms with Gasteiger partial charge < -0.3 is 7.96 Å². The predicted molar refractivity (Wildman–Crippen MR) is 89.1 cm³/mol. The van der Waals surface area contributed by atoms with Gasteiger partial charge in [0.25, 0.3) is 0 Å². The first-order chi connectivity index (χ1) is 8.66. The Hall–Kier alpha value is 1.24. The first-order valence-electron chi connectivity index (χ1n) is 7.56. The molecule has 0 bridgehead atoms. The molecule has 1 atom stereocenters. The standard InChI is InChI=1S/C15H30O2S.Ca.2H/c1-2-3-4-5-6-7-8-9-10-11-12-14(16)13-15(17)18;;;/h14,16H,2-13H2,1H3,(H,17,18);;;/q;+2;2*-1. The molecule has 0 aliphatic heterocycles. The fourth-order valence-electron chi connectivity index (χ4n) is 2.17. The second-order valence-corrected chi connectivity index (χ2v) is 5.72. The molecule has 0 rings (SSSR count). The molecule has 0 heterocycles. The molecule has 0 radical (unpaired) electrons. The van der Waals surface area contributed by atoms with E-state index in [-0.39, 0.29) is 52.1 Å². The number of aliphatic hydroxyl groups is 1. The second kappa shape index (κ2) is 17.3. The number of carbonyl (C=O) groups excluding carboxylic acids is 1. The van der Waals surface area contributed by atoms with Gasteiger partial charge in [0, 0.05) is 6.42 Å². The second-order valence-electron chi connectivity index (χ2n) is 5.22. The van der Waals surface area contributed by atoms with Crippen molar-refractivity contribution in [3.8, 4) is 0 Å². The Labute approximate surface area is 157 Å². The van der Waals surface area contributed by atoms with Crippen LogP contribution in [-0.4, -0.2) is 54.1 Å². The summed E-state index contributed by atoms with van der Waals surface area (Å²) in [6.45, 7) is 2.25. The molecule has 0 aromatic carbocycles. The van der Waals surface area contributed by atoms with E-state index >= 15 is 0 Å². The van der Waals surface area contributed by atoms with E-state index in [1.54, 1.807) is 0 Å². The van der Waals surface area contributed by atoms with Crippen LogP contribution in [0, 0.1) is 0 Å². The molecule has 0 saturated heterocycles. The van der Waals surface area contributed by atoms with E-state index in [0.29, 0.717) is 0 Å². The van der Waals surface area contributed by atoms with Crippen LogP contribution in [0.15, 0.2) is 0 Å². The normalized spacial score (nSPS) is 11.9. The Morgan fingerprint density at radius 2 is 1.42 bits per heavy atom. The zero-order valence-corrected chi connectivity index (χ0v) is 15.7.